The van der Waals surface area contributed by atoms with Crippen LogP contribution in [-0.4, -0.2) is 8.52 Å². The molecule has 0 aromatic carbocycles. The average molecular weight is 279 g/mol. The number of hydrogen-bond acceptors (Lipinski definition) is 0. The lowest BCUT2D eigenvalue weighted by atomic mass is 10.8. The number of alkyl halides is 6. The van der Waals surface area contributed by atoms with Gasteiger partial charge in [0.2, 0.25) is 0 Å². The summed E-state index contributed by atoms with van der Waals surface area (Å²) in [5, 5.41) is -4.00. The summed E-state index contributed by atoms with van der Waals surface area (Å²) in [5.41, 5.74) is 0. The van der Waals surface area contributed by atoms with Gasteiger partial charge in [0, 0.05) is 0 Å². The Morgan fingerprint density at radius 3 is 1.25 bits per heavy atom. The molecule has 0 amide bonds. The molecule has 8 heavy (non-hydrogen) atoms. The van der Waals surface area contributed by atoms with Crippen molar-refractivity contribution in [1.29, 1.82) is 0 Å². The van der Waals surface area contributed by atoms with Crippen molar-refractivity contribution in [2.24, 2.45) is 0 Å². The van der Waals surface area contributed by atoms with Gasteiger partial charge in [-0.25, -0.2) is 4.39 Å². The maximum Gasteiger partial charge on any atom is 0.378 e. The van der Waals surface area contributed by atoms with Gasteiger partial charge in [0.1, 0.15) is 0 Å². The molecule has 0 aliphatic rings. The van der Waals surface area contributed by atoms with Gasteiger partial charge in [-0.3, -0.25) is 0 Å². The summed E-state index contributed by atoms with van der Waals surface area (Å²) in [5.74, 6) is 0. The van der Waals surface area contributed by atoms with Crippen LogP contribution in [0.25, 0.3) is 0 Å². The zero-order valence-electron chi connectivity index (χ0n) is 3.27. The monoisotopic (exact) mass is 278 g/mol. The third kappa shape index (κ3) is 2.59. The fourth-order valence-electron chi connectivity index (χ4n) is 0. The van der Waals surface area contributed by atoms with E-state index in [4.69, 9.17) is 0 Å². The van der Waals surface area contributed by atoms with Gasteiger partial charge < -0.3 is 0 Å². The lowest BCUT2D eigenvalue weighted by Gasteiger charge is -2.14. The lowest BCUT2D eigenvalue weighted by molar-refractivity contribution is 0.0367. The van der Waals surface area contributed by atoms with Gasteiger partial charge in [-0.2, -0.15) is 8.78 Å². The van der Waals surface area contributed by atoms with Gasteiger partial charge in [-0.05, 0) is 34.2 Å². The minimum absolute atomic E-state index is 0.700. The molecule has 1 atom stereocenters. The van der Waals surface area contributed by atoms with Crippen molar-refractivity contribution in [2.75, 3.05) is 0 Å². The van der Waals surface area contributed by atoms with Crippen molar-refractivity contribution >= 4 is 45.8 Å². The first-order valence-corrected chi connectivity index (χ1v) is 3.22. The van der Waals surface area contributed by atoms with E-state index in [1.54, 1.807) is 0 Å². The van der Waals surface area contributed by atoms with E-state index in [2.05, 4.69) is 23.2 Å². The van der Waals surface area contributed by atoms with Gasteiger partial charge in [-0.15, -0.1) is 0 Å². The minimum atomic E-state index is -4.00. The molecular weight excluding hydrogens is 279 g/mol. The Labute approximate surface area is 67.5 Å². The quantitative estimate of drug-likeness (QED) is 0.511. The molecule has 0 heterocycles. The fraction of sp³-hybridized carbons (Fsp3) is 1.00. The lowest BCUT2D eigenvalue weighted by Crippen LogP contribution is -2.26. The maximum atomic E-state index is 11.8. The molecule has 0 aliphatic carbocycles. The van der Waals surface area contributed by atoms with E-state index in [-0.39, 0.29) is 0 Å². The van der Waals surface area contributed by atoms with Crippen LogP contribution in [-0.2, 0) is 0 Å². The Balaban J connectivity index is 4.02. The second-order valence-electron chi connectivity index (χ2n) is 0.996. The maximum absolute atomic E-state index is 11.8. The van der Waals surface area contributed by atoms with Crippen LogP contribution in [0.4, 0.5) is 13.2 Å². The summed E-state index contributed by atoms with van der Waals surface area (Å²) in [6.45, 7) is 0. The molecule has 0 N–H and O–H groups in total. The van der Waals surface area contributed by atoms with Crippen molar-refractivity contribution in [1.82, 2.24) is 0 Å². The summed E-state index contributed by atoms with van der Waals surface area (Å²) in [6, 6.07) is 0. The highest BCUT2D eigenvalue weighted by Crippen LogP contribution is 2.44. The Morgan fingerprint density at radius 1 is 1.12 bits per heavy atom. The molecule has 50 valence electrons. The summed E-state index contributed by atoms with van der Waals surface area (Å²) in [6.07, 6.45) is 0. The average Bonchev–Trinajstić information content (AvgIpc) is 1.25. The van der Waals surface area contributed by atoms with E-state index >= 15 is 0 Å². The van der Waals surface area contributed by atoms with Gasteiger partial charge in [0.05, 0.1) is 0 Å². The Morgan fingerprint density at radius 2 is 1.25 bits per heavy atom. The van der Waals surface area contributed by atoms with Gasteiger partial charge >= 0.3 is 8.52 Å². The standard InChI is InChI=1S/C2Cl2F3I/c3-1(5,6)2(4,7)8/t2-/m0/s1. The molecule has 0 fully saturated rings. The van der Waals surface area contributed by atoms with Crippen LogP contribution in [0.5, 0.6) is 0 Å². The van der Waals surface area contributed by atoms with E-state index in [0.717, 1.165) is 0 Å². The summed E-state index contributed by atoms with van der Waals surface area (Å²) < 4.78 is 31.5. The molecule has 6 heteroatoms. The summed E-state index contributed by atoms with van der Waals surface area (Å²) in [4.78, 5) is 0. The molecule has 0 unspecified atom stereocenters. The van der Waals surface area contributed by atoms with Crippen molar-refractivity contribution in [3.8, 4) is 0 Å². The second kappa shape index (κ2) is 2.38. The Kier molecular flexibility index (Phi) is 2.71. The largest absolute Gasteiger partial charge is 0.378 e. The third-order valence-electron chi connectivity index (χ3n) is 0.321. The van der Waals surface area contributed by atoms with Crippen LogP contribution < -0.4 is 0 Å². The molecule has 0 aliphatic heterocycles. The molecule has 0 saturated carbocycles. The molecule has 0 spiro atoms. The van der Waals surface area contributed by atoms with E-state index in [1.165, 1.54) is 0 Å². The highest BCUT2D eigenvalue weighted by Gasteiger charge is 2.50. The molecular formula is C2Cl2F3I. The van der Waals surface area contributed by atoms with E-state index in [9.17, 15) is 13.2 Å². The predicted molar refractivity (Wildman–Crippen MR) is 34.5 cm³/mol. The molecule has 0 nitrogen and oxygen atoms in total. The number of halogens is 6. The Bertz CT molecular complexity index is 70.3. The van der Waals surface area contributed by atoms with Gasteiger partial charge in [-0.1, -0.05) is 11.6 Å². The van der Waals surface area contributed by atoms with Crippen LogP contribution in [0.15, 0.2) is 0 Å². The smallest absolute Gasteiger partial charge is 0.206 e. The van der Waals surface area contributed by atoms with E-state index in [0.29, 0.717) is 22.6 Å². The van der Waals surface area contributed by atoms with Crippen molar-refractivity contribution < 1.29 is 13.2 Å². The fourth-order valence-corrected chi connectivity index (χ4v) is 0. The number of rotatable bonds is 1. The van der Waals surface area contributed by atoms with Gasteiger partial charge in [0.25, 0.3) is 0 Å². The van der Waals surface area contributed by atoms with Crippen LogP contribution in [0.2, 0.25) is 0 Å². The van der Waals surface area contributed by atoms with Crippen molar-refractivity contribution in [3.63, 3.8) is 0 Å². The Hall–Kier alpha value is 1.10. The summed E-state index contributed by atoms with van der Waals surface area (Å²) >= 11 is 9.31. The van der Waals surface area contributed by atoms with Gasteiger partial charge in [0.15, 0.2) is 0 Å². The zero-order chi connectivity index (χ0) is 7.00. The van der Waals surface area contributed by atoms with Crippen LogP contribution in [0.3, 0.4) is 0 Å². The first kappa shape index (κ1) is 9.10. The van der Waals surface area contributed by atoms with Crippen LogP contribution in [0, 0.1) is 0 Å². The molecule has 0 saturated heterocycles. The van der Waals surface area contributed by atoms with Crippen LogP contribution in [0.1, 0.15) is 0 Å². The van der Waals surface area contributed by atoms with Crippen LogP contribution >= 0.6 is 45.8 Å². The second-order valence-corrected chi connectivity index (χ2v) is 4.12. The molecule has 0 aromatic heterocycles. The highest BCUT2D eigenvalue weighted by atomic mass is 127. The van der Waals surface area contributed by atoms with E-state index in [1.807, 2.05) is 0 Å². The first-order valence-electron chi connectivity index (χ1n) is 1.38. The highest BCUT2D eigenvalue weighted by molar-refractivity contribution is 14.1. The van der Waals surface area contributed by atoms with Crippen molar-refractivity contribution in [3.05, 3.63) is 0 Å². The summed E-state index contributed by atoms with van der Waals surface area (Å²) in [7, 11) is 0. The third-order valence-corrected chi connectivity index (χ3v) is 1.91. The zero-order valence-corrected chi connectivity index (χ0v) is 6.94. The topological polar surface area (TPSA) is 0 Å². The SMILES string of the molecule is FC(F)(Cl)[C@@](F)(Cl)I. The first-order chi connectivity index (χ1) is 3.25. The van der Waals surface area contributed by atoms with Crippen molar-refractivity contribution in [2.45, 2.75) is 8.52 Å². The minimum Gasteiger partial charge on any atom is -0.206 e. The molecule has 0 bridgehead atoms. The predicted octanol–water partition coefficient (Wildman–Crippen LogP) is 3.12. The molecule has 0 radical (unpaired) electrons. The molecule has 0 aromatic rings. The normalized spacial score (nSPS) is 20.2. The molecule has 0 rings (SSSR count). The van der Waals surface area contributed by atoms with E-state index < -0.39 is 8.52 Å². The number of hydrogen-bond donors (Lipinski definition) is 0.